The maximum Gasteiger partial charge on any atom is 0.244 e. The molecule has 0 bridgehead atoms. The van der Waals surface area contributed by atoms with Crippen LogP contribution < -0.4 is 5.32 Å². The van der Waals surface area contributed by atoms with E-state index in [9.17, 15) is 4.79 Å². The third-order valence-corrected chi connectivity index (χ3v) is 2.90. The Balaban J connectivity index is 2.10. The number of halogens is 1. The molecule has 0 aromatic heterocycles. The maximum absolute atomic E-state index is 11.6. The van der Waals surface area contributed by atoms with Crippen molar-refractivity contribution in [2.24, 2.45) is 0 Å². The number of benzene rings is 1. The Kier molecular flexibility index (Phi) is 3.30. The zero-order valence-electron chi connectivity index (χ0n) is 9.16. The van der Waals surface area contributed by atoms with E-state index in [1.54, 1.807) is 6.08 Å². The molecule has 0 radical (unpaired) electrons. The van der Waals surface area contributed by atoms with Crippen LogP contribution in [0.2, 0.25) is 5.02 Å². The van der Waals surface area contributed by atoms with Gasteiger partial charge in [-0.05, 0) is 37.0 Å². The second-order valence-corrected chi connectivity index (χ2v) is 4.50. The minimum absolute atomic E-state index is 0.0279. The quantitative estimate of drug-likeness (QED) is 0.802. The predicted octanol–water partition coefficient (Wildman–Crippen LogP) is 3.02. The molecule has 1 aromatic rings. The molecular formula is C13H14ClNO. The zero-order chi connectivity index (χ0) is 11.5. The fraction of sp³-hybridized carbons (Fsp3) is 0.308. The standard InChI is InChI=1S/C13H14ClNO/c1-9(8-13(16)15-10-6-7-10)11-4-2-3-5-12(11)14/h2-5,8,10H,6-7H2,1H3,(H,15,16)/b9-8-. The third-order valence-electron chi connectivity index (χ3n) is 2.57. The van der Waals surface area contributed by atoms with Gasteiger partial charge in [0, 0.05) is 17.1 Å². The predicted molar refractivity (Wildman–Crippen MR) is 66.3 cm³/mol. The summed E-state index contributed by atoms with van der Waals surface area (Å²) in [7, 11) is 0. The SMILES string of the molecule is C/C(=C/C(=O)NC1CC1)c1ccccc1Cl. The molecule has 1 saturated carbocycles. The minimum Gasteiger partial charge on any atom is -0.350 e. The topological polar surface area (TPSA) is 29.1 Å². The van der Waals surface area contributed by atoms with Crippen LogP contribution in [0.15, 0.2) is 30.3 Å². The van der Waals surface area contributed by atoms with E-state index in [2.05, 4.69) is 5.32 Å². The molecule has 0 unspecified atom stereocenters. The molecule has 0 spiro atoms. The second-order valence-electron chi connectivity index (χ2n) is 4.09. The first-order chi connectivity index (χ1) is 7.66. The summed E-state index contributed by atoms with van der Waals surface area (Å²) >= 11 is 6.05. The molecule has 84 valence electrons. The van der Waals surface area contributed by atoms with E-state index in [1.807, 2.05) is 31.2 Å². The van der Waals surface area contributed by atoms with Crippen molar-refractivity contribution in [1.82, 2.24) is 5.32 Å². The lowest BCUT2D eigenvalue weighted by Gasteiger charge is -2.04. The van der Waals surface area contributed by atoms with E-state index in [1.165, 1.54) is 0 Å². The smallest absolute Gasteiger partial charge is 0.244 e. The van der Waals surface area contributed by atoms with Gasteiger partial charge < -0.3 is 5.32 Å². The van der Waals surface area contributed by atoms with Crippen LogP contribution >= 0.6 is 11.6 Å². The summed E-state index contributed by atoms with van der Waals surface area (Å²) in [5.41, 5.74) is 1.80. The highest BCUT2D eigenvalue weighted by molar-refractivity contribution is 6.32. The van der Waals surface area contributed by atoms with E-state index in [4.69, 9.17) is 11.6 Å². The van der Waals surface area contributed by atoms with Gasteiger partial charge in [-0.15, -0.1) is 0 Å². The van der Waals surface area contributed by atoms with Crippen molar-refractivity contribution in [2.45, 2.75) is 25.8 Å². The van der Waals surface area contributed by atoms with Gasteiger partial charge in [0.25, 0.3) is 0 Å². The molecule has 1 fully saturated rings. The van der Waals surface area contributed by atoms with Gasteiger partial charge in [-0.2, -0.15) is 0 Å². The van der Waals surface area contributed by atoms with E-state index in [-0.39, 0.29) is 5.91 Å². The van der Waals surface area contributed by atoms with Crippen LogP contribution in [0.25, 0.3) is 5.57 Å². The van der Waals surface area contributed by atoms with Crippen molar-refractivity contribution in [1.29, 1.82) is 0 Å². The molecule has 2 nitrogen and oxygen atoms in total. The van der Waals surface area contributed by atoms with Crippen molar-refractivity contribution in [2.75, 3.05) is 0 Å². The molecule has 0 atom stereocenters. The number of allylic oxidation sites excluding steroid dienone is 1. The van der Waals surface area contributed by atoms with Crippen molar-refractivity contribution < 1.29 is 4.79 Å². The Morgan fingerprint density at radius 2 is 2.12 bits per heavy atom. The van der Waals surface area contributed by atoms with E-state index in [0.29, 0.717) is 11.1 Å². The van der Waals surface area contributed by atoms with E-state index in [0.717, 1.165) is 24.0 Å². The average molecular weight is 236 g/mol. The fourth-order valence-electron chi connectivity index (χ4n) is 1.53. The molecule has 0 saturated heterocycles. The number of hydrogen-bond acceptors (Lipinski definition) is 1. The Morgan fingerprint density at radius 1 is 1.44 bits per heavy atom. The Hall–Kier alpha value is -1.28. The molecule has 1 aliphatic rings. The molecule has 1 amide bonds. The van der Waals surface area contributed by atoms with Crippen molar-refractivity contribution in [3.8, 4) is 0 Å². The molecule has 0 heterocycles. The number of carbonyl (C=O) groups excluding carboxylic acids is 1. The third kappa shape index (κ3) is 2.86. The summed E-state index contributed by atoms with van der Waals surface area (Å²) in [6.07, 6.45) is 3.81. The molecular weight excluding hydrogens is 222 g/mol. The van der Waals surface area contributed by atoms with Crippen LogP contribution in [0.5, 0.6) is 0 Å². The summed E-state index contributed by atoms with van der Waals surface area (Å²) in [6.45, 7) is 1.90. The van der Waals surface area contributed by atoms with Crippen molar-refractivity contribution in [3.05, 3.63) is 40.9 Å². The Labute approximate surface area is 100 Å². The first kappa shape index (κ1) is 11.2. The molecule has 2 rings (SSSR count). The molecule has 3 heteroatoms. The Bertz CT molecular complexity index is 435. The first-order valence-corrected chi connectivity index (χ1v) is 5.78. The summed E-state index contributed by atoms with van der Waals surface area (Å²) in [6, 6.07) is 7.93. The fourth-order valence-corrected chi connectivity index (χ4v) is 1.81. The number of nitrogens with one attached hydrogen (secondary N) is 1. The highest BCUT2D eigenvalue weighted by atomic mass is 35.5. The second kappa shape index (κ2) is 4.71. The largest absolute Gasteiger partial charge is 0.350 e. The Morgan fingerprint density at radius 3 is 2.75 bits per heavy atom. The summed E-state index contributed by atoms with van der Waals surface area (Å²) in [5.74, 6) is -0.0279. The van der Waals surface area contributed by atoms with Gasteiger partial charge in [0.05, 0.1) is 0 Å². The van der Waals surface area contributed by atoms with Crippen LogP contribution in [-0.4, -0.2) is 11.9 Å². The summed E-state index contributed by atoms with van der Waals surface area (Å²) in [5, 5.41) is 3.59. The first-order valence-electron chi connectivity index (χ1n) is 5.40. The van der Waals surface area contributed by atoms with E-state index < -0.39 is 0 Å². The number of amides is 1. The van der Waals surface area contributed by atoms with Crippen LogP contribution in [0.3, 0.4) is 0 Å². The van der Waals surface area contributed by atoms with Crippen LogP contribution in [0, 0.1) is 0 Å². The molecule has 1 aromatic carbocycles. The van der Waals surface area contributed by atoms with Gasteiger partial charge in [0.2, 0.25) is 5.91 Å². The average Bonchev–Trinajstić information content (AvgIpc) is 3.01. The number of carbonyl (C=O) groups is 1. The normalized spacial score (nSPS) is 16.0. The van der Waals surface area contributed by atoms with Gasteiger partial charge in [-0.1, -0.05) is 29.8 Å². The summed E-state index contributed by atoms with van der Waals surface area (Å²) < 4.78 is 0. The lowest BCUT2D eigenvalue weighted by atomic mass is 10.1. The van der Waals surface area contributed by atoms with Crippen LogP contribution in [-0.2, 0) is 4.79 Å². The van der Waals surface area contributed by atoms with Gasteiger partial charge in [-0.3, -0.25) is 4.79 Å². The zero-order valence-corrected chi connectivity index (χ0v) is 9.92. The molecule has 16 heavy (non-hydrogen) atoms. The van der Waals surface area contributed by atoms with Crippen molar-refractivity contribution >= 4 is 23.1 Å². The highest BCUT2D eigenvalue weighted by Crippen LogP contribution is 2.23. The van der Waals surface area contributed by atoms with Crippen LogP contribution in [0.1, 0.15) is 25.3 Å². The minimum atomic E-state index is -0.0279. The maximum atomic E-state index is 11.6. The van der Waals surface area contributed by atoms with Gasteiger partial charge in [0.15, 0.2) is 0 Å². The molecule has 1 aliphatic carbocycles. The van der Waals surface area contributed by atoms with Gasteiger partial charge in [-0.25, -0.2) is 0 Å². The number of hydrogen-bond donors (Lipinski definition) is 1. The number of rotatable bonds is 3. The van der Waals surface area contributed by atoms with Crippen molar-refractivity contribution in [3.63, 3.8) is 0 Å². The highest BCUT2D eigenvalue weighted by Gasteiger charge is 2.22. The van der Waals surface area contributed by atoms with Gasteiger partial charge >= 0.3 is 0 Å². The van der Waals surface area contributed by atoms with E-state index >= 15 is 0 Å². The summed E-state index contributed by atoms with van der Waals surface area (Å²) in [4.78, 5) is 11.6. The monoisotopic (exact) mass is 235 g/mol. The molecule has 0 aliphatic heterocycles. The van der Waals surface area contributed by atoms with Gasteiger partial charge in [0.1, 0.15) is 0 Å². The lowest BCUT2D eigenvalue weighted by molar-refractivity contribution is -0.116. The molecule has 1 N–H and O–H groups in total. The lowest BCUT2D eigenvalue weighted by Crippen LogP contribution is -2.23. The van der Waals surface area contributed by atoms with Crippen LogP contribution in [0.4, 0.5) is 0 Å².